The van der Waals surface area contributed by atoms with Gasteiger partial charge in [-0.15, -0.1) is 0 Å². The summed E-state index contributed by atoms with van der Waals surface area (Å²) in [6.07, 6.45) is 0. The summed E-state index contributed by atoms with van der Waals surface area (Å²) in [5, 5.41) is 14.9. The van der Waals surface area contributed by atoms with Gasteiger partial charge in [0.15, 0.2) is 0 Å². The van der Waals surface area contributed by atoms with Crippen molar-refractivity contribution in [2.75, 3.05) is 17.6 Å². The number of aryl methyl sites for hydroxylation is 1. The first kappa shape index (κ1) is 19.5. The van der Waals surface area contributed by atoms with Crippen LogP contribution in [0.5, 0.6) is 0 Å². The summed E-state index contributed by atoms with van der Waals surface area (Å²) in [6.45, 7) is 1.70. The van der Waals surface area contributed by atoms with Crippen molar-refractivity contribution in [3.8, 4) is 0 Å². The molecule has 1 aromatic heterocycles. The second-order valence-electron chi connectivity index (χ2n) is 4.95. The van der Waals surface area contributed by atoms with Crippen molar-refractivity contribution >= 4 is 41.2 Å². The van der Waals surface area contributed by atoms with E-state index >= 15 is 0 Å². The fraction of sp³-hybridized carbons (Fsp3) is 0.267. The van der Waals surface area contributed by atoms with Crippen molar-refractivity contribution in [1.82, 2.24) is 5.32 Å². The van der Waals surface area contributed by atoms with E-state index in [9.17, 15) is 14.4 Å². The van der Waals surface area contributed by atoms with Gasteiger partial charge in [-0.25, -0.2) is 9.59 Å². The lowest BCUT2D eigenvalue weighted by atomic mass is 10.1. The molecule has 2 aromatic rings. The largest absolute Gasteiger partial charge is 0.480 e. The molecular formula is C15H18N2O6S. The normalized spacial score (nSPS) is 11.4. The van der Waals surface area contributed by atoms with Gasteiger partial charge in [-0.2, -0.15) is 12.6 Å². The van der Waals surface area contributed by atoms with Gasteiger partial charge in [0.2, 0.25) is 5.91 Å². The van der Waals surface area contributed by atoms with E-state index in [0.29, 0.717) is 11.3 Å². The Bertz CT molecular complexity index is 804. The van der Waals surface area contributed by atoms with Crippen LogP contribution >= 0.6 is 12.6 Å². The Morgan fingerprint density at radius 2 is 2.04 bits per heavy atom. The summed E-state index contributed by atoms with van der Waals surface area (Å²) in [5.74, 6) is -1.62. The molecule has 1 atom stereocenters. The predicted molar refractivity (Wildman–Crippen MR) is 92.7 cm³/mol. The summed E-state index contributed by atoms with van der Waals surface area (Å²) in [5.41, 5.74) is 1.36. The fourth-order valence-corrected chi connectivity index (χ4v) is 2.30. The highest BCUT2D eigenvalue weighted by Gasteiger charge is 2.17. The summed E-state index contributed by atoms with van der Waals surface area (Å²) < 4.78 is 5.12. The Hall–Kier alpha value is -2.52. The molecule has 9 heteroatoms. The summed E-state index contributed by atoms with van der Waals surface area (Å²) in [4.78, 5) is 33.9. The Morgan fingerprint density at radius 3 is 2.67 bits per heavy atom. The molecule has 8 nitrogen and oxygen atoms in total. The highest BCUT2D eigenvalue weighted by atomic mass is 32.1. The molecule has 1 amide bonds. The van der Waals surface area contributed by atoms with Crippen LogP contribution in [0.1, 0.15) is 5.56 Å². The second-order valence-corrected chi connectivity index (χ2v) is 5.32. The highest BCUT2D eigenvalue weighted by Crippen LogP contribution is 2.20. The van der Waals surface area contributed by atoms with Crippen LogP contribution in [0.4, 0.5) is 5.69 Å². The van der Waals surface area contributed by atoms with Crippen molar-refractivity contribution in [1.29, 1.82) is 0 Å². The minimum Gasteiger partial charge on any atom is -0.480 e. The molecule has 5 N–H and O–H groups in total. The number of benzene rings is 1. The monoisotopic (exact) mass is 354 g/mol. The maximum atomic E-state index is 11.7. The van der Waals surface area contributed by atoms with E-state index in [-0.39, 0.29) is 17.8 Å². The molecule has 0 saturated carbocycles. The molecule has 0 saturated heterocycles. The molecule has 0 fully saturated rings. The fourth-order valence-electron chi connectivity index (χ4n) is 2.05. The van der Waals surface area contributed by atoms with Crippen molar-refractivity contribution in [3.63, 3.8) is 0 Å². The van der Waals surface area contributed by atoms with Gasteiger partial charge in [0.1, 0.15) is 11.6 Å². The molecule has 0 radical (unpaired) electrons. The third-order valence-corrected chi connectivity index (χ3v) is 3.59. The van der Waals surface area contributed by atoms with Gasteiger partial charge >= 0.3 is 11.6 Å². The molecule has 2 rings (SSSR count). The molecule has 0 unspecified atom stereocenters. The molecule has 0 aliphatic heterocycles. The summed E-state index contributed by atoms with van der Waals surface area (Å²) >= 11 is 3.87. The van der Waals surface area contributed by atoms with Gasteiger partial charge < -0.3 is 25.6 Å². The maximum absolute atomic E-state index is 11.7. The van der Waals surface area contributed by atoms with Gasteiger partial charge in [0.25, 0.3) is 0 Å². The van der Waals surface area contributed by atoms with Crippen molar-refractivity contribution in [2.45, 2.75) is 13.0 Å². The van der Waals surface area contributed by atoms with Crippen molar-refractivity contribution in [2.24, 2.45) is 0 Å². The van der Waals surface area contributed by atoms with E-state index in [1.54, 1.807) is 18.2 Å². The minimum absolute atomic E-state index is 0. The van der Waals surface area contributed by atoms with Crippen LogP contribution in [0.15, 0.2) is 33.5 Å². The summed E-state index contributed by atoms with van der Waals surface area (Å²) in [7, 11) is 0. The number of carbonyl (C=O) groups is 2. The Morgan fingerprint density at radius 1 is 1.33 bits per heavy atom. The lowest BCUT2D eigenvalue weighted by Gasteiger charge is -2.13. The zero-order chi connectivity index (χ0) is 17.0. The third-order valence-electron chi connectivity index (χ3n) is 3.22. The zero-order valence-electron chi connectivity index (χ0n) is 12.8. The zero-order valence-corrected chi connectivity index (χ0v) is 13.7. The van der Waals surface area contributed by atoms with Crippen LogP contribution in [0, 0.1) is 6.92 Å². The number of nitrogens with one attached hydrogen (secondary N) is 2. The van der Waals surface area contributed by atoms with Crippen molar-refractivity contribution in [3.05, 3.63) is 40.2 Å². The number of thiol groups is 1. The molecule has 0 bridgehead atoms. The second kappa shape index (κ2) is 8.37. The van der Waals surface area contributed by atoms with E-state index in [0.717, 1.165) is 10.9 Å². The van der Waals surface area contributed by atoms with Crippen LogP contribution in [0.25, 0.3) is 11.0 Å². The molecular weight excluding hydrogens is 336 g/mol. The van der Waals surface area contributed by atoms with Crippen LogP contribution in [-0.4, -0.2) is 40.8 Å². The van der Waals surface area contributed by atoms with E-state index in [2.05, 4.69) is 23.3 Å². The van der Waals surface area contributed by atoms with Gasteiger partial charge in [-0.1, -0.05) is 0 Å². The standard InChI is InChI=1S/C15H16N2O5S.H2O/c1-8-4-14(19)22-12-5-9(2-3-10(8)12)16-6-13(18)17-11(7-23)15(20)21;/h2-5,11,16,23H,6-7H2,1H3,(H,17,18)(H,20,21);1H2/t11-;/m0./s1. The number of carbonyl (C=O) groups excluding carboxylic acids is 1. The quantitative estimate of drug-likeness (QED) is 0.431. The predicted octanol–water partition coefficient (Wildman–Crippen LogP) is 0.188. The lowest BCUT2D eigenvalue weighted by molar-refractivity contribution is -0.140. The van der Waals surface area contributed by atoms with Gasteiger partial charge in [-0.3, -0.25) is 4.79 Å². The summed E-state index contributed by atoms with van der Waals surface area (Å²) in [6, 6.07) is 5.51. The lowest BCUT2D eigenvalue weighted by Crippen LogP contribution is -2.44. The number of amides is 1. The Balaban J connectivity index is 0.00000288. The number of rotatable bonds is 6. The number of carboxylic acid groups (broad SMARTS) is 1. The topological polar surface area (TPSA) is 140 Å². The van der Waals surface area contributed by atoms with Gasteiger partial charge in [-0.05, 0) is 24.6 Å². The smallest absolute Gasteiger partial charge is 0.336 e. The van der Waals surface area contributed by atoms with E-state index in [4.69, 9.17) is 9.52 Å². The van der Waals surface area contributed by atoms with Crippen LogP contribution in [0.3, 0.4) is 0 Å². The molecule has 0 aliphatic rings. The first-order valence-corrected chi connectivity index (χ1v) is 7.45. The van der Waals surface area contributed by atoms with Crippen LogP contribution < -0.4 is 16.3 Å². The maximum Gasteiger partial charge on any atom is 0.336 e. The Labute approximate surface area is 142 Å². The van der Waals surface area contributed by atoms with Gasteiger partial charge in [0.05, 0.1) is 6.54 Å². The van der Waals surface area contributed by atoms with E-state index in [1.165, 1.54) is 6.07 Å². The number of anilines is 1. The van der Waals surface area contributed by atoms with Gasteiger partial charge in [0, 0.05) is 29.0 Å². The minimum atomic E-state index is -1.14. The first-order valence-electron chi connectivity index (χ1n) is 6.82. The molecule has 24 heavy (non-hydrogen) atoms. The molecule has 1 heterocycles. The van der Waals surface area contributed by atoms with Crippen LogP contribution in [-0.2, 0) is 9.59 Å². The average Bonchev–Trinajstić information content (AvgIpc) is 2.49. The number of carboxylic acids is 1. The molecule has 0 aliphatic carbocycles. The average molecular weight is 354 g/mol. The van der Waals surface area contributed by atoms with E-state index in [1.807, 2.05) is 6.92 Å². The first-order chi connectivity index (χ1) is 10.9. The molecule has 1 aromatic carbocycles. The number of hydrogen-bond acceptors (Lipinski definition) is 6. The number of hydrogen-bond donors (Lipinski definition) is 4. The SMILES string of the molecule is Cc1cc(=O)oc2cc(NCC(=O)N[C@@H](CS)C(=O)O)ccc12.O. The third kappa shape index (κ3) is 4.74. The highest BCUT2D eigenvalue weighted by molar-refractivity contribution is 7.80. The molecule has 0 spiro atoms. The van der Waals surface area contributed by atoms with Crippen LogP contribution in [0.2, 0.25) is 0 Å². The number of aliphatic carboxylic acids is 1. The Kier molecular flexibility index (Phi) is 6.81. The molecule has 130 valence electrons. The van der Waals surface area contributed by atoms with Crippen molar-refractivity contribution < 1.29 is 24.6 Å². The number of fused-ring (bicyclic) bond motifs is 1. The van der Waals surface area contributed by atoms with E-state index < -0.39 is 23.5 Å².